The highest BCUT2D eigenvalue weighted by atomic mass is 16.7. The molecule has 0 radical (unpaired) electrons. The normalized spacial score (nSPS) is 15.8. The maximum Gasteiger partial charge on any atom is 0.294 e. The predicted molar refractivity (Wildman–Crippen MR) is 119 cm³/mol. The summed E-state index contributed by atoms with van der Waals surface area (Å²) < 4.78 is 0. The molecular weight excluding hydrogens is 350 g/mol. The maximum absolute atomic E-state index is 12.6. The average Bonchev–Trinajstić information content (AvgIpc) is 3.21. The van der Waals surface area contributed by atoms with Gasteiger partial charge in [0.2, 0.25) is 0 Å². The molecule has 5 heteroatoms. The van der Waals surface area contributed by atoms with E-state index in [0.29, 0.717) is 12.3 Å². The van der Waals surface area contributed by atoms with Crippen LogP contribution >= 0.6 is 0 Å². The number of hydrazone groups is 1. The van der Waals surface area contributed by atoms with Crippen LogP contribution < -0.4 is 0 Å². The van der Waals surface area contributed by atoms with E-state index >= 15 is 0 Å². The zero-order chi connectivity index (χ0) is 21.5. The molecule has 1 aromatic rings. The van der Waals surface area contributed by atoms with Gasteiger partial charge in [-0.1, -0.05) is 76.8 Å². The monoisotopic (exact) mass is 385 g/mol. The van der Waals surface area contributed by atoms with Gasteiger partial charge in [-0.2, -0.15) is 5.10 Å². The summed E-state index contributed by atoms with van der Waals surface area (Å²) in [6, 6.07) is 9.91. The van der Waals surface area contributed by atoms with Gasteiger partial charge in [-0.25, -0.2) is 5.06 Å². The fourth-order valence-electron chi connectivity index (χ4n) is 2.57. The molecule has 0 fully saturated rings. The number of allylic oxidation sites excluding steroid dienone is 4. The molecule has 1 amide bonds. The van der Waals surface area contributed by atoms with Crippen LogP contribution in [0.1, 0.15) is 46.1 Å². The summed E-state index contributed by atoms with van der Waals surface area (Å²) in [5, 5.41) is 7.59. The molecule has 5 nitrogen and oxygen atoms in total. The molecule has 1 unspecified atom stereocenters. The first kappa shape index (κ1) is 25.3. The molecule has 0 saturated heterocycles. The van der Waals surface area contributed by atoms with Gasteiger partial charge in [0.05, 0.1) is 25.3 Å². The van der Waals surface area contributed by atoms with Gasteiger partial charge in [0, 0.05) is 7.05 Å². The molecule has 1 aromatic carbocycles. The molecule has 0 aliphatic carbocycles. The Bertz CT molecular complexity index is 678. The van der Waals surface area contributed by atoms with E-state index in [-0.39, 0.29) is 11.8 Å². The third-order valence-corrected chi connectivity index (χ3v) is 3.82. The van der Waals surface area contributed by atoms with Crippen molar-refractivity contribution in [1.29, 1.82) is 0 Å². The summed E-state index contributed by atoms with van der Waals surface area (Å²) in [6.07, 6.45) is 7.46. The zero-order valence-corrected chi connectivity index (χ0v) is 18.3. The lowest BCUT2D eigenvalue weighted by Crippen LogP contribution is -2.34. The van der Waals surface area contributed by atoms with Crippen LogP contribution in [0.3, 0.4) is 0 Å². The number of nitrogens with zero attached hydrogens (tertiary/aromatic N) is 3. The second-order valence-corrected chi connectivity index (χ2v) is 5.34. The first-order valence-electron chi connectivity index (χ1n) is 9.81. The van der Waals surface area contributed by atoms with Gasteiger partial charge in [0.1, 0.15) is 5.71 Å². The Balaban J connectivity index is 0.00000171. The third kappa shape index (κ3) is 6.82. The number of benzene rings is 1. The SMILES string of the molecule is C=C/C=C(\C=C/C)N1CC(c2ccccc2)C(C(=O)N(C)OC)=N1.CC.CC. The smallest absolute Gasteiger partial charge is 0.274 e. The Kier molecular flexibility index (Phi) is 13.0. The van der Waals surface area contributed by atoms with E-state index in [4.69, 9.17) is 4.84 Å². The van der Waals surface area contributed by atoms with Crippen LogP contribution in [0.4, 0.5) is 0 Å². The van der Waals surface area contributed by atoms with E-state index < -0.39 is 0 Å². The van der Waals surface area contributed by atoms with E-state index in [2.05, 4.69) is 11.7 Å². The highest BCUT2D eigenvalue weighted by molar-refractivity contribution is 6.41. The summed E-state index contributed by atoms with van der Waals surface area (Å²) in [4.78, 5) is 17.7. The largest absolute Gasteiger partial charge is 0.294 e. The van der Waals surface area contributed by atoms with E-state index in [1.165, 1.54) is 12.2 Å². The minimum Gasteiger partial charge on any atom is -0.274 e. The molecule has 0 N–H and O–H groups in total. The predicted octanol–water partition coefficient (Wildman–Crippen LogP) is 5.16. The molecule has 1 aliphatic heterocycles. The lowest BCUT2D eigenvalue weighted by molar-refractivity contribution is -0.160. The molecule has 0 bridgehead atoms. The van der Waals surface area contributed by atoms with Crippen molar-refractivity contribution in [3.05, 3.63) is 72.5 Å². The van der Waals surface area contributed by atoms with E-state index in [1.807, 2.05) is 88.2 Å². The van der Waals surface area contributed by atoms with Crippen molar-refractivity contribution in [1.82, 2.24) is 10.1 Å². The lowest BCUT2D eigenvalue weighted by Gasteiger charge is -2.18. The second-order valence-electron chi connectivity index (χ2n) is 5.34. The van der Waals surface area contributed by atoms with Crippen LogP contribution in [0.25, 0.3) is 0 Å². The Morgan fingerprint density at radius 1 is 1.25 bits per heavy atom. The van der Waals surface area contributed by atoms with Crippen molar-refractivity contribution in [2.75, 3.05) is 20.7 Å². The van der Waals surface area contributed by atoms with E-state index in [9.17, 15) is 4.79 Å². The van der Waals surface area contributed by atoms with Crippen molar-refractivity contribution in [3.8, 4) is 0 Å². The quantitative estimate of drug-likeness (QED) is 0.502. The Labute approximate surface area is 170 Å². The number of carbonyl (C=O) groups excluding carboxylic acids is 1. The number of rotatable bonds is 6. The van der Waals surface area contributed by atoms with Crippen LogP contribution in [0.2, 0.25) is 0 Å². The molecule has 154 valence electrons. The second kappa shape index (κ2) is 14.4. The molecule has 0 saturated carbocycles. The Morgan fingerprint density at radius 2 is 1.86 bits per heavy atom. The molecule has 0 spiro atoms. The molecule has 1 atom stereocenters. The highest BCUT2D eigenvalue weighted by Crippen LogP contribution is 2.28. The molecule has 0 aromatic heterocycles. The summed E-state index contributed by atoms with van der Waals surface area (Å²) >= 11 is 0. The van der Waals surface area contributed by atoms with Gasteiger partial charge in [0.15, 0.2) is 0 Å². The number of hydroxylamine groups is 2. The minimum absolute atomic E-state index is 0.116. The van der Waals surface area contributed by atoms with Gasteiger partial charge in [0.25, 0.3) is 5.91 Å². The summed E-state index contributed by atoms with van der Waals surface area (Å²) in [5.74, 6) is -0.359. The van der Waals surface area contributed by atoms with Gasteiger partial charge in [-0.3, -0.25) is 14.6 Å². The summed E-state index contributed by atoms with van der Waals surface area (Å²) in [7, 11) is 3.05. The number of hydrogen-bond acceptors (Lipinski definition) is 4. The fraction of sp³-hybridized carbons (Fsp3) is 0.391. The zero-order valence-electron chi connectivity index (χ0n) is 18.3. The van der Waals surface area contributed by atoms with Gasteiger partial charge in [-0.05, 0) is 24.6 Å². The molecular formula is C23H35N3O2. The summed E-state index contributed by atoms with van der Waals surface area (Å²) in [6.45, 7) is 14.3. The Morgan fingerprint density at radius 3 is 2.36 bits per heavy atom. The molecule has 1 heterocycles. The van der Waals surface area contributed by atoms with Crippen molar-refractivity contribution in [2.45, 2.75) is 40.5 Å². The van der Waals surface area contributed by atoms with Crippen LogP contribution in [0, 0.1) is 0 Å². The number of amides is 1. The van der Waals surface area contributed by atoms with Crippen LogP contribution in [0.15, 0.2) is 72.0 Å². The molecule has 28 heavy (non-hydrogen) atoms. The summed E-state index contributed by atoms with van der Waals surface area (Å²) in [5.41, 5.74) is 2.40. The standard InChI is InChI=1S/C19H23N3O2.2C2H6/c1-5-10-16(11-6-2)22-14-17(15-12-8-7-9-13-15)18(20-22)19(23)21(3)24-4;2*1-2/h5-13,17H,1,14H2,2-4H3;2*1-2H3/b11-6-,16-10+;;. The Hall–Kier alpha value is -2.66. The minimum atomic E-state index is -0.243. The first-order chi connectivity index (χ1) is 13.6. The maximum atomic E-state index is 12.6. The van der Waals surface area contributed by atoms with Crippen LogP contribution in [-0.2, 0) is 9.63 Å². The van der Waals surface area contributed by atoms with Crippen molar-refractivity contribution < 1.29 is 9.63 Å². The molecule has 2 rings (SSSR count). The van der Waals surface area contributed by atoms with E-state index in [1.54, 1.807) is 13.1 Å². The van der Waals surface area contributed by atoms with Crippen LogP contribution in [0.5, 0.6) is 0 Å². The highest BCUT2D eigenvalue weighted by Gasteiger charge is 2.35. The van der Waals surface area contributed by atoms with Crippen molar-refractivity contribution in [3.63, 3.8) is 0 Å². The average molecular weight is 386 g/mol. The lowest BCUT2D eigenvalue weighted by atomic mass is 9.94. The van der Waals surface area contributed by atoms with Gasteiger partial charge < -0.3 is 0 Å². The topological polar surface area (TPSA) is 45.1 Å². The van der Waals surface area contributed by atoms with Crippen molar-refractivity contribution in [2.24, 2.45) is 5.10 Å². The van der Waals surface area contributed by atoms with Crippen LogP contribution in [-0.4, -0.2) is 42.4 Å². The number of hydrogen-bond donors (Lipinski definition) is 0. The number of carbonyl (C=O) groups is 1. The molecule has 1 aliphatic rings. The third-order valence-electron chi connectivity index (χ3n) is 3.82. The first-order valence-corrected chi connectivity index (χ1v) is 9.81. The van der Waals surface area contributed by atoms with Crippen molar-refractivity contribution >= 4 is 11.6 Å². The van der Waals surface area contributed by atoms with Gasteiger partial charge in [-0.15, -0.1) is 0 Å². The van der Waals surface area contributed by atoms with E-state index in [0.717, 1.165) is 11.3 Å². The van der Waals surface area contributed by atoms with Gasteiger partial charge >= 0.3 is 0 Å². The fourth-order valence-corrected chi connectivity index (χ4v) is 2.57.